The lowest BCUT2D eigenvalue weighted by atomic mass is 10.3. The van der Waals surface area contributed by atoms with Crippen molar-refractivity contribution in [2.24, 2.45) is 0 Å². The van der Waals surface area contributed by atoms with E-state index in [1.807, 2.05) is 6.07 Å². The summed E-state index contributed by atoms with van der Waals surface area (Å²) in [5.41, 5.74) is 3.87. The van der Waals surface area contributed by atoms with Crippen LogP contribution in [0.1, 0.15) is 11.3 Å². The highest BCUT2D eigenvalue weighted by Crippen LogP contribution is 2.06. The molecule has 2 heterocycles. The van der Waals surface area contributed by atoms with Gasteiger partial charge in [0, 0.05) is 24.3 Å². The van der Waals surface area contributed by atoms with Crippen molar-refractivity contribution in [3.63, 3.8) is 0 Å². The van der Waals surface area contributed by atoms with Crippen LogP contribution in [0.2, 0.25) is 5.02 Å². The van der Waals surface area contributed by atoms with Gasteiger partial charge < -0.3 is 0 Å². The number of nitrogens with one attached hydrogen (secondary N) is 1. The number of amides is 1. The molecule has 0 aliphatic rings. The fourth-order valence-corrected chi connectivity index (χ4v) is 1.51. The molecule has 0 bridgehead atoms. The lowest BCUT2D eigenvalue weighted by molar-refractivity contribution is -0.133. The highest BCUT2D eigenvalue weighted by Gasteiger charge is 2.04. The first-order valence-electron chi connectivity index (χ1n) is 5.64. The number of pyridine rings is 2. The van der Waals surface area contributed by atoms with Crippen molar-refractivity contribution >= 4 is 17.5 Å². The lowest BCUT2D eigenvalue weighted by Crippen LogP contribution is -2.25. The van der Waals surface area contributed by atoms with Gasteiger partial charge in [-0.25, -0.2) is 5.48 Å². The molecule has 2 aromatic heterocycles. The predicted molar refractivity (Wildman–Crippen MR) is 70.1 cm³/mol. The van der Waals surface area contributed by atoms with Gasteiger partial charge in [-0.3, -0.25) is 19.6 Å². The Balaban J connectivity index is 1.74. The number of rotatable bonds is 5. The summed E-state index contributed by atoms with van der Waals surface area (Å²) in [6.07, 6.45) is 4.99. The van der Waals surface area contributed by atoms with Crippen LogP contribution in [0.25, 0.3) is 0 Å². The zero-order chi connectivity index (χ0) is 13.5. The van der Waals surface area contributed by atoms with E-state index in [-0.39, 0.29) is 18.9 Å². The van der Waals surface area contributed by atoms with Crippen LogP contribution >= 0.6 is 11.6 Å². The zero-order valence-corrected chi connectivity index (χ0v) is 10.8. The molecule has 0 fully saturated rings. The van der Waals surface area contributed by atoms with Crippen molar-refractivity contribution in [1.82, 2.24) is 15.4 Å². The van der Waals surface area contributed by atoms with Gasteiger partial charge in [0.25, 0.3) is 0 Å². The minimum absolute atomic E-state index is 0.143. The quantitative estimate of drug-likeness (QED) is 0.848. The Kier molecular flexibility index (Phi) is 4.83. The van der Waals surface area contributed by atoms with Crippen LogP contribution in [0.3, 0.4) is 0 Å². The van der Waals surface area contributed by atoms with E-state index in [2.05, 4.69) is 15.4 Å². The van der Waals surface area contributed by atoms with Gasteiger partial charge in [-0.2, -0.15) is 0 Å². The molecule has 2 rings (SSSR count). The van der Waals surface area contributed by atoms with Crippen LogP contribution in [0.4, 0.5) is 0 Å². The Bertz CT molecular complexity index is 531. The number of nitrogens with zero attached hydrogens (tertiary/aromatic N) is 2. The first-order chi connectivity index (χ1) is 9.24. The number of carbonyl (C=O) groups excluding carboxylic acids is 1. The molecule has 0 saturated heterocycles. The second-order valence-electron chi connectivity index (χ2n) is 3.82. The standard InChI is InChI=1S/C13H12ClN3O2/c14-11-3-4-12(16-8-11)6-13(18)17-19-9-10-2-1-5-15-7-10/h1-5,7-8H,6,9H2,(H,17,18). The summed E-state index contributed by atoms with van der Waals surface area (Å²) < 4.78 is 0. The topological polar surface area (TPSA) is 64.1 Å². The first kappa shape index (κ1) is 13.5. The fraction of sp³-hybridized carbons (Fsp3) is 0.154. The van der Waals surface area contributed by atoms with Gasteiger partial charge in [-0.15, -0.1) is 0 Å². The molecule has 0 aromatic carbocycles. The second kappa shape index (κ2) is 6.82. The monoisotopic (exact) mass is 277 g/mol. The smallest absolute Gasteiger partial charge is 0.249 e. The molecule has 5 nitrogen and oxygen atoms in total. The Morgan fingerprint density at radius 2 is 2.21 bits per heavy atom. The Morgan fingerprint density at radius 3 is 2.89 bits per heavy atom. The van der Waals surface area contributed by atoms with E-state index < -0.39 is 0 Å². The molecule has 0 aliphatic carbocycles. The maximum Gasteiger partial charge on any atom is 0.249 e. The van der Waals surface area contributed by atoms with E-state index in [0.717, 1.165) is 5.56 Å². The highest BCUT2D eigenvalue weighted by molar-refractivity contribution is 6.30. The number of hydrogen-bond donors (Lipinski definition) is 1. The van der Waals surface area contributed by atoms with Crippen LogP contribution in [-0.2, 0) is 22.7 Å². The molecule has 0 saturated carbocycles. The summed E-state index contributed by atoms with van der Waals surface area (Å²) >= 11 is 5.71. The molecular weight excluding hydrogens is 266 g/mol. The second-order valence-corrected chi connectivity index (χ2v) is 4.26. The summed E-state index contributed by atoms with van der Waals surface area (Å²) in [5.74, 6) is -0.265. The summed E-state index contributed by atoms with van der Waals surface area (Å²) in [6, 6.07) is 7.05. The molecule has 98 valence electrons. The van der Waals surface area contributed by atoms with Gasteiger partial charge in [0.2, 0.25) is 5.91 Å². The van der Waals surface area contributed by atoms with Gasteiger partial charge >= 0.3 is 0 Å². The largest absolute Gasteiger partial charge is 0.272 e. The minimum Gasteiger partial charge on any atom is -0.272 e. The van der Waals surface area contributed by atoms with Crippen LogP contribution in [0, 0.1) is 0 Å². The molecule has 0 atom stereocenters. The van der Waals surface area contributed by atoms with E-state index in [9.17, 15) is 4.79 Å². The third kappa shape index (κ3) is 4.65. The molecule has 0 aliphatic heterocycles. The van der Waals surface area contributed by atoms with Crippen molar-refractivity contribution in [3.8, 4) is 0 Å². The molecule has 2 aromatic rings. The molecule has 0 radical (unpaired) electrons. The average molecular weight is 278 g/mol. The van der Waals surface area contributed by atoms with Crippen molar-refractivity contribution in [2.45, 2.75) is 13.0 Å². The SMILES string of the molecule is O=C(Cc1ccc(Cl)cn1)NOCc1cccnc1. The predicted octanol–water partition coefficient (Wildman–Crippen LogP) is 1.92. The van der Waals surface area contributed by atoms with Crippen LogP contribution in [0.15, 0.2) is 42.9 Å². The Hall–Kier alpha value is -1.98. The van der Waals surface area contributed by atoms with Crippen LogP contribution in [-0.4, -0.2) is 15.9 Å². The van der Waals surface area contributed by atoms with E-state index in [1.165, 1.54) is 6.20 Å². The molecule has 1 amide bonds. The van der Waals surface area contributed by atoms with Crippen LogP contribution in [0.5, 0.6) is 0 Å². The summed E-state index contributed by atoms with van der Waals surface area (Å²) in [5, 5.41) is 0.539. The van der Waals surface area contributed by atoms with Gasteiger partial charge in [-0.05, 0) is 23.8 Å². The van der Waals surface area contributed by atoms with E-state index in [4.69, 9.17) is 16.4 Å². The zero-order valence-electron chi connectivity index (χ0n) is 10.0. The van der Waals surface area contributed by atoms with E-state index in [0.29, 0.717) is 10.7 Å². The minimum atomic E-state index is -0.265. The van der Waals surface area contributed by atoms with Gasteiger partial charge in [0.1, 0.15) is 6.61 Å². The normalized spacial score (nSPS) is 10.2. The molecule has 19 heavy (non-hydrogen) atoms. The first-order valence-corrected chi connectivity index (χ1v) is 6.02. The molecular formula is C13H12ClN3O2. The molecule has 6 heteroatoms. The van der Waals surface area contributed by atoms with E-state index >= 15 is 0 Å². The molecule has 1 N–H and O–H groups in total. The Morgan fingerprint density at radius 1 is 1.32 bits per heavy atom. The van der Waals surface area contributed by atoms with Gasteiger partial charge in [-0.1, -0.05) is 17.7 Å². The van der Waals surface area contributed by atoms with Crippen molar-refractivity contribution in [2.75, 3.05) is 0 Å². The molecule has 0 unspecified atom stereocenters. The summed E-state index contributed by atoms with van der Waals surface area (Å²) in [7, 11) is 0. The van der Waals surface area contributed by atoms with E-state index in [1.54, 1.807) is 30.6 Å². The third-order valence-corrected chi connectivity index (χ3v) is 2.50. The number of hydrogen-bond acceptors (Lipinski definition) is 4. The summed E-state index contributed by atoms with van der Waals surface area (Å²) in [6.45, 7) is 0.271. The number of hydroxylamine groups is 1. The van der Waals surface area contributed by atoms with Crippen LogP contribution < -0.4 is 5.48 Å². The fourth-order valence-electron chi connectivity index (χ4n) is 1.40. The average Bonchev–Trinajstić information content (AvgIpc) is 2.43. The van der Waals surface area contributed by atoms with Crippen molar-refractivity contribution in [1.29, 1.82) is 0 Å². The number of halogens is 1. The number of carbonyl (C=O) groups is 1. The maximum atomic E-state index is 11.6. The lowest BCUT2D eigenvalue weighted by Gasteiger charge is -2.05. The summed E-state index contributed by atoms with van der Waals surface area (Å²) in [4.78, 5) is 24.6. The van der Waals surface area contributed by atoms with Crippen molar-refractivity contribution < 1.29 is 9.63 Å². The van der Waals surface area contributed by atoms with Gasteiger partial charge in [0.15, 0.2) is 0 Å². The maximum absolute atomic E-state index is 11.6. The Labute approximate surface area is 115 Å². The molecule has 0 spiro atoms. The van der Waals surface area contributed by atoms with Crippen molar-refractivity contribution in [3.05, 3.63) is 59.1 Å². The number of aromatic nitrogens is 2. The highest BCUT2D eigenvalue weighted by atomic mass is 35.5. The van der Waals surface area contributed by atoms with Gasteiger partial charge in [0.05, 0.1) is 11.4 Å². The third-order valence-electron chi connectivity index (χ3n) is 2.28.